The first-order valence-corrected chi connectivity index (χ1v) is 9.54. The topological polar surface area (TPSA) is 74.3 Å². The Balaban J connectivity index is 0.00000320. The number of guanidine groups is 1. The molecule has 3 aromatic rings. The van der Waals surface area contributed by atoms with Crippen molar-refractivity contribution in [2.24, 2.45) is 4.99 Å². The van der Waals surface area contributed by atoms with E-state index in [2.05, 4.69) is 30.3 Å². The zero-order valence-electron chi connectivity index (χ0n) is 16.3. The number of fused-ring (bicyclic) bond motifs is 1. The van der Waals surface area contributed by atoms with Gasteiger partial charge in [-0.05, 0) is 36.8 Å². The highest BCUT2D eigenvalue weighted by atomic mass is 127. The lowest BCUT2D eigenvalue weighted by Crippen LogP contribution is -2.37. The minimum Gasteiger partial charge on any atom is -0.434 e. The zero-order chi connectivity index (χ0) is 20.6. The fourth-order valence-electron chi connectivity index (χ4n) is 2.88. The zero-order valence-corrected chi connectivity index (χ0v) is 19.4. The Hall–Kier alpha value is -2.14. The van der Waals surface area contributed by atoms with Gasteiger partial charge in [-0.3, -0.25) is 4.99 Å². The normalized spacial score (nSPS) is 11.4. The second-order valence-corrected chi connectivity index (χ2v) is 6.72. The van der Waals surface area contributed by atoms with Gasteiger partial charge in [0.1, 0.15) is 11.6 Å². The summed E-state index contributed by atoms with van der Waals surface area (Å²) in [7, 11) is 1.64. The van der Waals surface area contributed by atoms with Crippen molar-refractivity contribution < 1.29 is 13.5 Å². The Labute approximate surface area is 195 Å². The van der Waals surface area contributed by atoms with E-state index >= 15 is 0 Å². The minimum absolute atomic E-state index is 0. The molecule has 6 nitrogen and oxygen atoms in total. The van der Waals surface area contributed by atoms with Gasteiger partial charge >= 0.3 is 6.61 Å². The van der Waals surface area contributed by atoms with Crippen molar-refractivity contribution in [2.75, 3.05) is 13.6 Å². The SMILES string of the molecule is CN=C(NCCCc1nc2ccccc2[nH]1)NCc1cc(Cl)ccc1OC(F)F.I. The summed E-state index contributed by atoms with van der Waals surface area (Å²) in [6.45, 7) is -1.98. The smallest absolute Gasteiger partial charge is 0.387 e. The monoisotopic (exact) mass is 549 g/mol. The minimum atomic E-state index is -2.90. The van der Waals surface area contributed by atoms with Crippen molar-refractivity contribution in [3.8, 4) is 5.75 Å². The van der Waals surface area contributed by atoms with Gasteiger partial charge in [-0.15, -0.1) is 24.0 Å². The number of aromatic amines is 1. The summed E-state index contributed by atoms with van der Waals surface area (Å²) in [5.41, 5.74) is 2.50. The molecule has 30 heavy (non-hydrogen) atoms. The number of hydrogen-bond donors (Lipinski definition) is 3. The molecule has 0 spiro atoms. The van der Waals surface area contributed by atoms with Crippen molar-refractivity contribution in [3.05, 3.63) is 58.9 Å². The van der Waals surface area contributed by atoms with Crippen LogP contribution in [0.2, 0.25) is 5.02 Å². The summed E-state index contributed by atoms with van der Waals surface area (Å²) in [6.07, 6.45) is 1.64. The molecule has 0 saturated heterocycles. The number of nitrogens with zero attached hydrogens (tertiary/aromatic N) is 2. The summed E-state index contributed by atoms with van der Waals surface area (Å²) in [6, 6.07) is 12.4. The average Bonchev–Trinajstić information content (AvgIpc) is 3.12. The van der Waals surface area contributed by atoms with E-state index in [4.69, 9.17) is 11.6 Å². The summed E-state index contributed by atoms with van der Waals surface area (Å²) in [5.74, 6) is 1.57. The second kappa shape index (κ2) is 11.9. The van der Waals surface area contributed by atoms with Crippen LogP contribution in [0.5, 0.6) is 5.75 Å². The first-order valence-electron chi connectivity index (χ1n) is 9.16. The van der Waals surface area contributed by atoms with Crippen molar-refractivity contribution >= 4 is 52.6 Å². The Morgan fingerprint density at radius 3 is 2.77 bits per heavy atom. The van der Waals surface area contributed by atoms with E-state index in [1.807, 2.05) is 24.3 Å². The maximum atomic E-state index is 12.6. The molecule has 0 radical (unpaired) electrons. The van der Waals surface area contributed by atoms with Crippen LogP contribution < -0.4 is 15.4 Å². The summed E-state index contributed by atoms with van der Waals surface area (Å²) in [5, 5.41) is 6.71. The molecule has 1 aromatic heterocycles. The Bertz CT molecular complexity index is 950. The summed E-state index contributed by atoms with van der Waals surface area (Å²) in [4.78, 5) is 12.0. The van der Waals surface area contributed by atoms with E-state index in [1.165, 1.54) is 12.1 Å². The van der Waals surface area contributed by atoms with Crippen molar-refractivity contribution in [2.45, 2.75) is 26.0 Å². The highest BCUT2D eigenvalue weighted by Gasteiger charge is 2.11. The fraction of sp³-hybridized carbons (Fsp3) is 0.300. The van der Waals surface area contributed by atoms with Crippen molar-refractivity contribution in [3.63, 3.8) is 0 Å². The molecule has 0 atom stereocenters. The molecule has 1 heterocycles. The Morgan fingerprint density at radius 1 is 1.23 bits per heavy atom. The number of H-pyrrole nitrogens is 1. The van der Waals surface area contributed by atoms with Crippen LogP contribution in [0, 0.1) is 0 Å². The first-order chi connectivity index (χ1) is 14.0. The van der Waals surface area contributed by atoms with E-state index in [-0.39, 0.29) is 36.3 Å². The third-order valence-corrected chi connectivity index (χ3v) is 4.46. The highest BCUT2D eigenvalue weighted by molar-refractivity contribution is 14.0. The van der Waals surface area contributed by atoms with E-state index in [0.29, 0.717) is 23.1 Å². The molecule has 0 aliphatic rings. The second-order valence-electron chi connectivity index (χ2n) is 6.29. The third kappa shape index (κ3) is 6.98. The van der Waals surface area contributed by atoms with Gasteiger partial charge < -0.3 is 20.4 Å². The highest BCUT2D eigenvalue weighted by Crippen LogP contribution is 2.24. The van der Waals surface area contributed by atoms with Gasteiger partial charge in [-0.1, -0.05) is 23.7 Å². The standard InChI is InChI=1S/C20H22ClF2N5O.HI/c1-24-20(26-12-13-11-14(21)8-9-17(13)29-19(22)23)25-10-4-7-18-27-15-5-2-3-6-16(15)28-18;/h2-3,5-6,8-9,11,19H,4,7,10,12H2,1H3,(H,27,28)(H2,24,25,26);1H. The molecule has 0 aliphatic heterocycles. The lowest BCUT2D eigenvalue weighted by atomic mass is 10.2. The van der Waals surface area contributed by atoms with Crippen LogP contribution in [0.25, 0.3) is 11.0 Å². The number of ether oxygens (including phenoxy) is 1. The molecule has 0 aliphatic carbocycles. The third-order valence-electron chi connectivity index (χ3n) is 4.23. The van der Waals surface area contributed by atoms with E-state index in [0.717, 1.165) is 29.7 Å². The van der Waals surface area contributed by atoms with Crippen molar-refractivity contribution in [1.82, 2.24) is 20.6 Å². The lowest BCUT2D eigenvalue weighted by molar-refractivity contribution is -0.0504. The maximum Gasteiger partial charge on any atom is 0.387 e. The van der Waals surface area contributed by atoms with Gasteiger partial charge in [0.25, 0.3) is 0 Å². The van der Waals surface area contributed by atoms with Crippen LogP contribution >= 0.6 is 35.6 Å². The number of aliphatic imine (C=N–C) groups is 1. The molecular formula is C20H23ClF2IN5O. The number of imidazole rings is 1. The van der Waals surface area contributed by atoms with Crippen LogP contribution in [0.4, 0.5) is 8.78 Å². The summed E-state index contributed by atoms with van der Waals surface area (Å²) < 4.78 is 29.7. The molecule has 10 heteroatoms. The van der Waals surface area contributed by atoms with Gasteiger partial charge in [-0.25, -0.2) is 4.98 Å². The molecule has 0 unspecified atom stereocenters. The quantitative estimate of drug-likeness (QED) is 0.164. The molecule has 3 N–H and O–H groups in total. The van der Waals surface area contributed by atoms with Crippen LogP contribution in [0.1, 0.15) is 17.8 Å². The van der Waals surface area contributed by atoms with Gasteiger partial charge in [0.2, 0.25) is 0 Å². The number of nitrogens with one attached hydrogen (secondary N) is 3. The van der Waals surface area contributed by atoms with Gasteiger partial charge in [0.05, 0.1) is 11.0 Å². The molecule has 162 valence electrons. The molecular weight excluding hydrogens is 527 g/mol. The van der Waals surface area contributed by atoms with Crippen LogP contribution in [0.15, 0.2) is 47.5 Å². The number of alkyl halides is 2. The number of hydrogen-bond acceptors (Lipinski definition) is 3. The average molecular weight is 550 g/mol. The molecule has 0 bridgehead atoms. The number of para-hydroxylation sites is 2. The first kappa shape index (κ1) is 24.1. The van der Waals surface area contributed by atoms with Crippen molar-refractivity contribution in [1.29, 1.82) is 0 Å². The van der Waals surface area contributed by atoms with E-state index in [9.17, 15) is 8.78 Å². The summed E-state index contributed by atoms with van der Waals surface area (Å²) >= 11 is 5.97. The Kier molecular flexibility index (Phi) is 9.57. The molecule has 0 amide bonds. The Morgan fingerprint density at radius 2 is 2.03 bits per heavy atom. The fourth-order valence-corrected chi connectivity index (χ4v) is 3.08. The predicted octanol–water partition coefficient (Wildman–Crippen LogP) is 4.73. The van der Waals surface area contributed by atoms with Crippen LogP contribution in [0.3, 0.4) is 0 Å². The van der Waals surface area contributed by atoms with Crippen LogP contribution in [-0.4, -0.2) is 36.1 Å². The molecule has 3 rings (SSSR count). The predicted molar refractivity (Wildman–Crippen MR) is 126 cm³/mol. The van der Waals surface area contributed by atoms with Crippen LogP contribution in [-0.2, 0) is 13.0 Å². The lowest BCUT2D eigenvalue weighted by Gasteiger charge is -2.14. The van der Waals surface area contributed by atoms with Gasteiger partial charge in [-0.2, -0.15) is 8.78 Å². The maximum absolute atomic E-state index is 12.6. The number of rotatable bonds is 8. The van der Waals surface area contributed by atoms with Gasteiger partial charge in [0, 0.05) is 37.1 Å². The van der Waals surface area contributed by atoms with E-state index < -0.39 is 6.61 Å². The number of aromatic nitrogens is 2. The van der Waals surface area contributed by atoms with Gasteiger partial charge in [0.15, 0.2) is 5.96 Å². The number of benzene rings is 2. The number of halogens is 4. The van der Waals surface area contributed by atoms with E-state index in [1.54, 1.807) is 13.1 Å². The molecule has 0 fully saturated rings. The molecule has 0 saturated carbocycles. The largest absolute Gasteiger partial charge is 0.434 e. The number of aryl methyl sites for hydroxylation is 1. The molecule has 2 aromatic carbocycles.